The molecule has 1 aromatic rings. The Bertz CT molecular complexity index is 394. The molecule has 1 saturated carbocycles. The molecule has 106 valence electrons. The summed E-state index contributed by atoms with van der Waals surface area (Å²) in [4.78, 5) is 0. The van der Waals surface area contributed by atoms with Crippen LogP contribution in [0.5, 0.6) is 5.75 Å². The molecule has 0 aromatic heterocycles. The lowest BCUT2D eigenvalue weighted by atomic mass is 9.87. The SMILES string of the molecule is Fc1cc(CCl)cc(F)c1OCCC1CCCCC1. The molecule has 0 unspecified atom stereocenters. The first-order chi connectivity index (χ1) is 9.20. The van der Waals surface area contributed by atoms with E-state index in [2.05, 4.69) is 0 Å². The van der Waals surface area contributed by atoms with Gasteiger partial charge in [-0.1, -0.05) is 32.1 Å². The van der Waals surface area contributed by atoms with Crippen LogP contribution in [0.15, 0.2) is 12.1 Å². The molecule has 1 aliphatic rings. The number of hydrogen-bond donors (Lipinski definition) is 0. The molecule has 0 amide bonds. The maximum atomic E-state index is 13.6. The molecule has 0 saturated heterocycles. The second-order valence-electron chi connectivity index (χ2n) is 5.16. The van der Waals surface area contributed by atoms with Gasteiger partial charge in [-0.2, -0.15) is 0 Å². The average molecular weight is 289 g/mol. The van der Waals surface area contributed by atoms with Crippen LogP contribution in [-0.4, -0.2) is 6.61 Å². The van der Waals surface area contributed by atoms with Gasteiger partial charge in [0.25, 0.3) is 0 Å². The van der Waals surface area contributed by atoms with E-state index in [1.807, 2.05) is 0 Å². The summed E-state index contributed by atoms with van der Waals surface area (Å²) in [5.41, 5.74) is 0.427. The monoisotopic (exact) mass is 288 g/mol. The summed E-state index contributed by atoms with van der Waals surface area (Å²) >= 11 is 5.55. The quantitative estimate of drug-likeness (QED) is 0.689. The summed E-state index contributed by atoms with van der Waals surface area (Å²) in [5, 5.41) is 0. The maximum Gasteiger partial charge on any atom is 0.190 e. The summed E-state index contributed by atoms with van der Waals surface area (Å²) in [6.07, 6.45) is 7.12. The van der Waals surface area contributed by atoms with Crippen molar-refractivity contribution >= 4 is 11.6 Å². The van der Waals surface area contributed by atoms with Crippen molar-refractivity contribution in [2.75, 3.05) is 6.61 Å². The van der Waals surface area contributed by atoms with Gasteiger partial charge in [0.1, 0.15) is 0 Å². The summed E-state index contributed by atoms with van der Waals surface area (Å²) in [6, 6.07) is 2.46. The fourth-order valence-corrected chi connectivity index (χ4v) is 2.79. The predicted molar refractivity (Wildman–Crippen MR) is 72.6 cm³/mol. The topological polar surface area (TPSA) is 9.23 Å². The molecule has 19 heavy (non-hydrogen) atoms. The summed E-state index contributed by atoms with van der Waals surface area (Å²) in [7, 11) is 0. The van der Waals surface area contributed by atoms with Gasteiger partial charge in [0, 0.05) is 5.88 Å². The van der Waals surface area contributed by atoms with Crippen molar-refractivity contribution in [3.63, 3.8) is 0 Å². The third kappa shape index (κ3) is 4.07. The zero-order valence-corrected chi connectivity index (χ0v) is 11.7. The maximum absolute atomic E-state index is 13.6. The summed E-state index contributed by atoms with van der Waals surface area (Å²) in [6.45, 7) is 0.374. The molecule has 1 fully saturated rings. The van der Waals surface area contributed by atoms with E-state index in [9.17, 15) is 8.78 Å². The van der Waals surface area contributed by atoms with E-state index in [0.29, 0.717) is 18.1 Å². The average Bonchev–Trinajstić information content (AvgIpc) is 2.42. The van der Waals surface area contributed by atoms with Gasteiger partial charge < -0.3 is 4.74 Å². The highest BCUT2D eigenvalue weighted by Gasteiger charge is 2.16. The molecule has 1 nitrogen and oxygen atoms in total. The second-order valence-corrected chi connectivity index (χ2v) is 5.43. The Labute approximate surface area is 117 Å². The molecule has 0 atom stereocenters. The predicted octanol–water partition coefficient (Wildman–Crippen LogP) is 5.05. The van der Waals surface area contributed by atoms with Gasteiger partial charge in [0.05, 0.1) is 6.61 Å². The van der Waals surface area contributed by atoms with Gasteiger partial charge in [0.15, 0.2) is 17.4 Å². The lowest BCUT2D eigenvalue weighted by Gasteiger charge is -2.21. The Hall–Kier alpha value is -0.830. The van der Waals surface area contributed by atoms with E-state index >= 15 is 0 Å². The van der Waals surface area contributed by atoms with Gasteiger partial charge in [0.2, 0.25) is 0 Å². The number of rotatable bonds is 5. The van der Waals surface area contributed by atoms with Crippen LogP contribution < -0.4 is 4.74 Å². The molecular weight excluding hydrogens is 270 g/mol. The summed E-state index contributed by atoms with van der Waals surface area (Å²) < 4.78 is 32.6. The molecule has 0 heterocycles. The standard InChI is InChI=1S/C15H19ClF2O/c16-10-12-8-13(17)15(14(18)9-12)19-7-6-11-4-2-1-3-5-11/h8-9,11H,1-7,10H2. The first kappa shape index (κ1) is 14.6. The molecule has 0 radical (unpaired) electrons. The van der Waals surface area contributed by atoms with Crippen LogP contribution in [0.2, 0.25) is 0 Å². The van der Waals surface area contributed by atoms with Crippen LogP contribution in [0.1, 0.15) is 44.1 Å². The van der Waals surface area contributed by atoms with Crippen LogP contribution in [0.25, 0.3) is 0 Å². The Morgan fingerprint density at radius 3 is 2.32 bits per heavy atom. The van der Waals surface area contributed by atoms with E-state index in [0.717, 1.165) is 6.42 Å². The molecule has 0 N–H and O–H groups in total. The molecule has 1 aromatic carbocycles. The second kappa shape index (κ2) is 7.09. The number of benzene rings is 1. The third-order valence-corrected chi connectivity index (χ3v) is 4.02. The van der Waals surface area contributed by atoms with Gasteiger partial charge in [-0.25, -0.2) is 8.78 Å². The Balaban J connectivity index is 1.88. The molecule has 0 spiro atoms. The lowest BCUT2D eigenvalue weighted by Crippen LogP contribution is -2.11. The Morgan fingerprint density at radius 2 is 1.74 bits per heavy atom. The molecular formula is C15H19ClF2O. The van der Waals surface area contributed by atoms with E-state index in [1.54, 1.807) is 0 Å². The van der Waals surface area contributed by atoms with Gasteiger partial charge in [-0.15, -0.1) is 11.6 Å². The molecule has 0 bridgehead atoms. The van der Waals surface area contributed by atoms with Crippen molar-refractivity contribution in [1.82, 2.24) is 0 Å². The van der Waals surface area contributed by atoms with Crippen molar-refractivity contribution in [2.24, 2.45) is 5.92 Å². The largest absolute Gasteiger partial charge is 0.488 e. The van der Waals surface area contributed by atoms with E-state index in [-0.39, 0.29) is 11.6 Å². The Kier molecular flexibility index (Phi) is 5.44. The number of ether oxygens (including phenoxy) is 1. The fourth-order valence-electron chi connectivity index (χ4n) is 2.63. The molecule has 1 aliphatic carbocycles. The smallest absolute Gasteiger partial charge is 0.190 e. The third-order valence-electron chi connectivity index (χ3n) is 3.71. The van der Waals surface area contributed by atoms with Crippen LogP contribution in [-0.2, 0) is 5.88 Å². The fraction of sp³-hybridized carbons (Fsp3) is 0.600. The van der Waals surface area contributed by atoms with Crippen molar-refractivity contribution in [3.8, 4) is 5.75 Å². The van der Waals surface area contributed by atoms with Crippen LogP contribution in [0.3, 0.4) is 0 Å². The van der Waals surface area contributed by atoms with Crippen molar-refractivity contribution in [3.05, 3.63) is 29.3 Å². The highest BCUT2D eigenvalue weighted by atomic mass is 35.5. The first-order valence-corrected chi connectivity index (χ1v) is 7.41. The summed E-state index contributed by atoms with van der Waals surface area (Å²) in [5.74, 6) is -0.874. The van der Waals surface area contributed by atoms with E-state index < -0.39 is 11.6 Å². The van der Waals surface area contributed by atoms with Crippen LogP contribution in [0, 0.1) is 17.6 Å². The minimum atomic E-state index is -0.667. The zero-order valence-electron chi connectivity index (χ0n) is 10.9. The number of halogens is 3. The molecule has 4 heteroatoms. The van der Waals surface area contributed by atoms with E-state index in [1.165, 1.54) is 44.2 Å². The van der Waals surface area contributed by atoms with Gasteiger partial charge in [-0.05, 0) is 30.0 Å². The Morgan fingerprint density at radius 1 is 1.11 bits per heavy atom. The van der Waals surface area contributed by atoms with Crippen LogP contribution in [0.4, 0.5) is 8.78 Å². The minimum Gasteiger partial charge on any atom is -0.488 e. The van der Waals surface area contributed by atoms with Crippen molar-refractivity contribution < 1.29 is 13.5 Å². The van der Waals surface area contributed by atoms with Gasteiger partial charge >= 0.3 is 0 Å². The first-order valence-electron chi connectivity index (χ1n) is 6.87. The highest BCUT2D eigenvalue weighted by molar-refractivity contribution is 6.17. The van der Waals surface area contributed by atoms with Crippen molar-refractivity contribution in [1.29, 1.82) is 0 Å². The zero-order chi connectivity index (χ0) is 13.7. The number of alkyl halides is 1. The van der Waals surface area contributed by atoms with Crippen LogP contribution >= 0.6 is 11.6 Å². The number of hydrogen-bond acceptors (Lipinski definition) is 1. The van der Waals surface area contributed by atoms with Gasteiger partial charge in [-0.3, -0.25) is 0 Å². The highest BCUT2D eigenvalue weighted by Crippen LogP contribution is 2.28. The van der Waals surface area contributed by atoms with E-state index in [4.69, 9.17) is 16.3 Å². The minimum absolute atomic E-state index is 0.0934. The normalized spacial score (nSPS) is 16.6. The van der Waals surface area contributed by atoms with Crippen molar-refractivity contribution in [2.45, 2.75) is 44.4 Å². The molecule has 0 aliphatic heterocycles. The lowest BCUT2D eigenvalue weighted by molar-refractivity contribution is 0.231. The molecule has 2 rings (SSSR count).